The van der Waals surface area contributed by atoms with E-state index in [0.717, 1.165) is 11.1 Å². The van der Waals surface area contributed by atoms with Crippen LogP contribution in [-0.2, 0) is 0 Å². The van der Waals surface area contributed by atoms with Crippen LogP contribution in [0.4, 0.5) is 4.39 Å². The summed E-state index contributed by atoms with van der Waals surface area (Å²) in [5.41, 5.74) is 3.09. The highest BCUT2D eigenvalue weighted by Crippen LogP contribution is 2.29. The molecule has 0 heterocycles. The smallest absolute Gasteiger partial charge is 0.335 e. The lowest BCUT2D eigenvalue weighted by Crippen LogP contribution is -1.99. The van der Waals surface area contributed by atoms with Crippen molar-refractivity contribution in [2.24, 2.45) is 0 Å². The third-order valence-corrected chi connectivity index (χ3v) is 3.35. The Kier molecular flexibility index (Phi) is 3.89. The van der Waals surface area contributed by atoms with Gasteiger partial charge in [-0.15, -0.1) is 0 Å². The van der Waals surface area contributed by atoms with Crippen LogP contribution < -0.4 is 0 Å². The number of rotatable bonds is 3. The van der Waals surface area contributed by atoms with Crippen LogP contribution in [0.25, 0.3) is 11.1 Å². The van der Waals surface area contributed by atoms with Crippen molar-refractivity contribution in [3.63, 3.8) is 0 Å². The van der Waals surface area contributed by atoms with E-state index in [1.54, 1.807) is 37.3 Å². The molecule has 0 aliphatic heterocycles. The predicted octanol–water partition coefficient (Wildman–Crippen LogP) is 4.62. The van der Waals surface area contributed by atoms with Crippen LogP contribution in [0, 0.1) is 12.7 Å². The molecule has 2 aromatic carbocycles. The summed E-state index contributed by atoms with van der Waals surface area (Å²) in [6.07, 6.45) is 0. The van der Waals surface area contributed by atoms with Gasteiger partial charge in [0, 0.05) is 0 Å². The molecular weight excluding hydrogens is 255 g/mol. The number of carboxylic acid groups (broad SMARTS) is 1. The van der Waals surface area contributed by atoms with Gasteiger partial charge in [0.25, 0.3) is 0 Å². The minimum absolute atomic E-state index is 0.0799. The molecular formula is C17H17FO2. The maximum atomic E-state index is 14.1. The third-order valence-electron chi connectivity index (χ3n) is 3.35. The lowest BCUT2D eigenvalue weighted by Gasteiger charge is -2.13. The van der Waals surface area contributed by atoms with E-state index in [0.29, 0.717) is 11.1 Å². The van der Waals surface area contributed by atoms with Gasteiger partial charge in [0.2, 0.25) is 0 Å². The summed E-state index contributed by atoms with van der Waals surface area (Å²) in [5, 5.41) is 9.04. The largest absolute Gasteiger partial charge is 0.478 e. The molecule has 0 bridgehead atoms. The molecule has 0 saturated heterocycles. The molecule has 0 spiro atoms. The fourth-order valence-corrected chi connectivity index (χ4v) is 2.22. The van der Waals surface area contributed by atoms with Crippen molar-refractivity contribution in [3.8, 4) is 11.1 Å². The monoisotopic (exact) mass is 272 g/mol. The van der Waals surface area contributed by atoms with Gasteiger partial charge in [-0.3, -0.25) is 0 Å². The molecule has 2 aromatic rings. The molecule has 0 unspecified atom stereocenters. The lowest BCUT2D eigenvalue weighted by molar-refractivity contribution is 0.0697. The molecule has 0 aliphatic carbocycles. The predicted molar refractivity (Wildman–Crippen MR) is 77.6 cm³/mol. The summed E-state index contributed by atoms with van der Waals surface area (Å²) in [4.78, 5) is 11.0. The van der Waals surface area contributed by atoms with Crippen LogP contribution in [0.3, 0.4) is 0 Å². The Morgan fingerprint density at radius 1 is 1.15 bits per heavy atom. The second kappa shape index (κ2) is 5.45. The average molecular weight is 272 g/mol. The van der Waals surface area contributed by atoms with Crippen LogP contribution in [0.15, 0.2) is 36.4 Å². The number of hydrogen-bond acceptors (Lipinski definition) is 1. The number of halogens is 1. The summed E-state index contributed by atoms with van der Waals surface area (Å²) >= 11 is 0. The van der Waals surface area contributed by atoms with E-state index in [1.807, 2.05) is 19.9 Å². The maximum absolute atomic E-state index is 14.1. The van der Waals surface area contributed by atoms with Gasteiger partial charge in [-0.25, -0.2) is 9.18 Å². The zero-order chi connectivity index (χ0) is 14.9. The number of aromatic carboxylic acids is 1. The molecule has 2 nitrogen and oxygen atoms in total. The Morgan fingerprint density at radius 2 is 1.85 bits per heavy atom. The van der Waals surface area contributed by atoms with Gasteiger partial charge in [0.15, 0.2) is 0 Å². The van der Waals surface area contributed by atoms with E-state index in [1.165, 1.54) is 0 Å². The van der Waals surface area contributed by atoms with Gasteiger partial charge in [-0.1, -0.05) is 26.0 Å². The molecule has 1 N–H and O–H groups in total. The molecule has 0 amide bonds. The Balaban J connectivity index is 2.58. The van der Waals surface area contributed by atoms with E-state index in [2.05, 4.69) is 0 Å². The van der Waals surface area contributed by atoms with Crippen molar-refractivity contribution in [2.45, 2.75) is 26.7 Å². The maximum Gasteiger partial charge on any atom is 0.335 e. The van der Waals surface area contributed by atoms with E-state index in [4.69, 9.17) is 5.11 Å². The molecule has 0 saturated carbocycles. The van der Waals surface area contributed by atoms with E-state index >= 15 is 0 Å². The number of carboxylic acids is 1. The molecule has 20 heavy (non-hydrogen) atoms. The van der Waals surface area contributed by atoms with Crippen LogP contribution in [0.5, 0.6) is 0 Å². The van der Waals surface area contributed by atoms with Gasteiger partial charge in [0.05, 0.1) is 5.56 Å². The summed E-state index contributed by atoms with van der Waals surface area (Å²) in [7, 11) is 0. The Morgan fingerprint density at radius 3 is 2.45 bits per heavy atom. The van der Waals surface area contributed by atoms with Gasteiger partial charge < -0.3 is 5.11 Å². The summed E-state index contributed by atoms with van der Waals surface area (Å²) in [5.74, 6) is -1.07. The molecule has 0 fully saturated rings. The fourth-order valence-electron chi connectivity index (χ4n) is 2.22. The molecule has 0 atom stereocenters. The Labute approximate surface area is 117 Å². The molecule has 0 aliphatic rings. The summed E-state index contributed by atoms with van der Waals surface area (Å²) in [6.45, 7) is 5.61. The first kappa shape index (κ1) is 14.3. The van der Waals surface area contributed by atoms with Crippen molar-refractivity contribution in [1.29, 1.82) is 0 Å². The lowest BCUT2D eigenvalue weighted by atomic mass is 9.93. The standard InChI is InChI=1S/C17H17FO2/c1-10(2)15-9-14(7-11(3)16(15)18)12-5-4-6-13(8-12)17(19)20/h4-10H,1-3H3,(H,19,20). The number of hydrogen-bond donors (Lipinski definition) is 1. The highest BCUT2D eigenvalue weighted by atomic mass is 19.1. The molecule has 3 heteroatoms. The SMILES string of the molecule is Cc1cc(-c2cccc(C(=O)O)c2)cc(C(C)C)c1F. The summed E-state index contributed by atoms with van der Waals surface area (Å²) in [6, 6.07) is 10.2. The Hall–Kier alpha value is -2.16. The minimum Gasteiger partial charge on any atom is -0.478 e. The second-order valence-electron chi connectivity index (χ2n) is 5.24. The molecule has 0 aromatic heterocycles. The first-order valence-electron chi connectivity index (χ1n) is 6.54. The molecule has 104 valence electrons. The highest BCUT2D eigenvalue weighted by molar-refractivity contribution is 5.89. The summed E-state index contributed by atoms with van der Waals surface area (Å²) < 4.78 is 14.1. The number of aryl methyl sites for hydroxylation is 1. The fraction of sp³-hybridized carbons (Fsp3) is 0.235. The first-order valence-corrected chi connectivity index (χ1v) is 6.54. The van der Waals surface area contributed by atoms with Crippen LogP contribution >= 0.6 is 0 Å². The van der Waals surface area contributed by atoms with Crippen molar-refractivity contribution < 1.29 is 14.3 Å². The van der Waals surface area contributed by atoms with Crippen LogP contribution in [-0.4, -0.2) is 11.1 Å². The topological polar surface area (TPSA) is 37.3 Å². The van der Waals surface area contributed by atoms with Crippen LogP contribution in [0.2, 0.25) is 0 Å². The van der Waals surface area contributed by atoms with Crippen molar-refractivity contribution in [3.05, 3.63) is 58.9 Å². The quantitative estimate of drug-likeness (QED) is 0.885. The van der Waals surface area contributed by atoms with E-state index in [-0.39, 0.29) is 17.3 Å². The van der Waals surface area contributed by atoms with E-state index in [9.17, 15) is 9.18 Å². The minimum atomic E-state index is -0.963. The second-order valence-corrected chi connectivity index (χ2v) is 5.24. The zero-order valence-electron chi connectivity index (χ0n) is 11.8. The van der Waals surface area contributed by atoms with Crippen molar-refractivity contribution in [1.82, 2.24) is 0 Å². The number of carbonyl (C=O) groups is 1. The van der Waals surface area contributed by atoms with Gasteiger partial charge >= 0.3 is 5.97 Å². The molecule has 2 rings (SSSR count). The molecule has 0 radical (unpaired) electrons. The first-order chi connectivity index (χ1) is 9.40. The third kappa shape index (κ3) is 2.72. The van der Waals surface area contributed by atoms with Gasteiger partial charge in [-0.05, 0) is 59.4 Å². The van der Waals surface area contributed by atoms with Gasteiger partial charge in [-0.2, -0.15) is 0 Å². The normalized spacial score (nSPS) is 10.8. The van der Waals surface area contributed by atoms with Crippen molar-refractivity contribution in [2.75, 3.05) is 0 Å². The van der Waals surface area contributed by atoms with Crippen molar-refractivity contribution >= 4 is 5.97 Å². The van der Waals surface area contributed by atoms with Gasteiger partial charge in [0.1, 0.15) is 5.82 Å². The average Bonchev–Trinajstić information content (AvgIpc) is 2.41. The Bertz CT molecular complexity index is 660. The zero-order valence-corrected chi connectivity index (χ0v) is 11.8. The van der Waals surface area contributed by atoms with E-state index < -0.39 is 5.97 Å². The highest BCUT2D eigenvalue weighted by Gasteiger charge is 2.13. The van der Waals surface area contributed by atoms with Crippen LogP contribution in [0.1, 0.15) is 41.3 Å². The number of benzene rings is 2.